The van der Waals surface area contributed by atoms with Crippen LogP contribution in [0.25, 0.3) is 0 Å². The molecule has 138 valence electrons. The topological polar surface area (TPSA) is 52.7 Å². The minimum atomic E-state index is -0.0331. The zero-order chi connectivity index (χ0) is 18.6. The fourth-order valence-electron chi connectivity index (χ4n) is 3.19. The summed E-state index contributed by atoms with van der Waals surface area (Å²) in [5, 5.41) is 2.93. The molecule has 0 saturated carbocycles. The molecule has 0 bridgehead atoms. The van der Waals surface area contributed by atoms with Gasteiger partial charge in [0.05, 0.1) is 6.42 Å². The highest BCUT2D eigenvalue weighted by atomic mass is 16.2. The first-order chi connectivity index (χ1) is 11.8. The van der Waals surface area contributed by atoms with Crippen LogP contribution in [0.15, 0.2) is 12.1 Å². The van der Waals surface area contributed by atoms with E-state index in [4.69, 9.17) is 0 Å². The van der Waals surface area contributed by atoms with Crippen molar-refractivity contribution in [2.45, 2.75) is 53.5 Å². The van der Waals surface area contributed by atoms with Crippen LogP contribution in [-0.2, 0) is 11.2 Å². The van der Waals surface area contributed by atoms with E-state index in [9.17, 15) is 9.59 Å². The molecular formula is C20H31N3O2. The first-order valence-corrected chi connectivity index (χ1v) is 9.18. The number of nitrogens with one attached hydrogen (secondary N) is 1. The van der Waals surface area contributed by atoms with Gasteiger partial charge in [0, 0.05) is 32.2 Å². The van der Waals surface area contributed by atoms with Crippen LogP contribution in [0.3, 0.4) is 0 Å². The summed E-state index contributed by atoms with van der Waals surface area (Å²) in [4.78, 5) is 28.6. The van der Waals surface area contributed by atoms with Crippen molar-refractivity contribution in [2.75, 3.05) is 26.2 Å². The van der Waals surface area contributed by atoms with Crippen molar-refractivity contribution in [1.82, 2.24) is 15.1 Å². The van der Waals surface area contributed by atoms with Crippen molar-refractivity contribution in [1.29, 1.82) is 0 Å². The predicted octanol–water partition coefficient (Wildman–Crippen LogP) is 2.81. The molecule has 1 heterocycles. The van der Waals surface area contributed by atoms with Crippen molar-refractivity contribution >= 4 is 11.9 Å². The lowest BCUT2D eigenvalue weighted by atomic mass is 9.98. The summed E-state index contributed by atoms with van der Waals surface area (Å²) in [5.74, 6) is 0.150. The summed E-state index contributed by atoms with van der Waals surface area (Å²) in [6.07, 6.45) is 1.26. The summed E-state index contributed by atoms with van der Waals surface area (Å²) in [6, 6.07) is 4.37. The minimum Gasteiger partial charge on any atom is -0.341 e. The van der Waals surface area contributed by atoms with E-state index in [0.29, 0.717) is 32.6 Å². The van der Waals surface area contributed by atoms with Gasteiger partial charge in [0.15, 0.2) is 0 Å². The monoisotopic (exact) mass is 345 g/mol. The Hall–Kier alpha value is -2.04. The van der Waals surface area contributed by atoms with Crippen molar-refractivity contribution in [3.8, 4) is 0 Å². The van der Waals surface area contributed by atoms with Crippen LogP contribution in [-0.4, -0.2) is 54.0 Å². The number of carbonyl (C=O) groups excluding carboxylic acids is 2. The average Bonchev–Trinajstić information content (AvgIpc) is 2.78. The summed E-state index contributed by atoms with van der Waals surface area (Å²) >= 11 is 0. The molecule has 1 saturated heterocycles. The summed E-state index contributed by atoms with van der Waals surface area (Å²) < 4.78 is 0. The van der Waals surface area contributed by atoms with Gasteiger partial charge in [-0.15, -0.1) is 0 Å². The number of carbonyl (C=O) groups is 2. The van der Waals surface area contributed by atoms with Crippen LogP contribution in [0, 0.1) is 20.8 Å². The van der Waals surface area contributed by atoms with Gasteiger partial charge in [-0.25, -0.2) is 4.79 Å². The predicted molar refractivity (Wildman–Crippen MR) is 101 cm³/mol. The van der Waals surface area contributed by atoms with Crippen LogP contribution in [0.5, 0.6) is 0 Å². The number of hydrogen-bond acceptors (Lipinski definition) is 2. The van der Waals surface area contributed by atoms with E-state index >= 15 is 0 Å². The molecule has 0 aliphatic carbocycles. The van der Waals surface area contributed by atoms with Crippen LogP contribution in [0.4, 0.5) is 4.79 Å². The second-order valence-electron chi connectivity index (χ2n) is 7.37. The Kier molecular flexibility index (Phi) is 6.45. The van der Waals surface area contributed by atoms with Crippen molar-refractivity contribution in [3.63, 3.8) is 0 Å². The molecule has 25 heavy (non-hydrogen) atoms. The lowest BCUT2D eigenvalue weighted by Crippen LogP contribution is -2.45. The molecule has 1 fully saturated rings. The van der Waals surface area contributed by atoms with E-state index in [2.05, 4.69) is 38.2 Å². The van der Waals surface area contributed by atoms with E-state index in [1.165, 1.54) is 16.7 Å². The number of urea groups is 1. The fourth-order valence-corrected chi connectivity index (χ4v) is 3.19. The molecule has 3 amide bonds. The number of benzene rings is 1. The Morgan fingerprint density at radius 1 is 0.960 bits per heavy atom. The third-order valence-corrected chi connectivity index (χ3v) is 4.84. The molecule has 0 aromatic heterocycles. The maximum atomic E-state index is 12.7. The van der Waals surface area contributed by atoms with Crippen LogP contribution >= 0.6 is 0 Å². The third kappa shape index (κ3) is 5.21. The van der Waals surface area contributed by atoms with Gasteiger partial charge in [-0.05, 0) is 63.3 Å². The molecule has 0 radical (unpaired) electrons. The van der Waals surface area contributed by atoms with Crippen molar-refractivity contribution in [3.05, 3.63) is 34.4 Å². The molecular weight excluding hydrogens is 314 g/mol. The van der Waals surface area contributed by atoms with Crippen molar-refractivity contribution < 1.29 is 9.59 Å². The second kappa shape index (κ2) is 8.37. The molecule has 0 unspecified atom stereocenters. The molecule has 5 heteroatoms. The Morgan fingerprint density at radius 2 is 1.56 bits per heavy atom. The van der Waals surface area contributed by atoms with Gasteiger partial charge in [0.2, 0.25) is 5.91 Å². The normalized spacial score (nSPS) is 15.3. The standard InChI is InChI=1S/C20H31N3O2/c1-14(2)21-20(25)23-8-6-7-22(9-10-23)19(24)13-18-12-16(4)15(3)11-17(18)5/h11-12,14H,6-10,13H2,1-5H3,(H,21,25). The van der Waals surface area contributed by atoms with E-state index in [0.717, 1.165) is 12.0 Å². The second-order valence-corrected chi connectivity index (χ2v) is 7.37. The Balaban J connectivity index is 1.97. The molecule has 0 atom stereocenters. The Morgan fingerprint density at radius 3 is 2.24 bits per heavy atom. The van der Waals surface area contributed by atoms with Gasteiger partial charge in [0.25, 0.3) is 0 Å². The van der Waals surface area contributed by atoms with Gasteiger partial charge >= 0.3 is 6.03 Å². The quantitative estimate of drug-likeness (QED) is 0.916. The van der Waals surface area contributed by atoms with Gasteiger partial charge in [-0.1, -0.05) is 12.1 Å². The molecule has 1 aliphatic rings. The SMILES string of the molecule is Cc1cc(C)c(CC(=O)N2CCCN(C(=O)NC(C)C)CC2)cc1C. The zero-order valence-corrected chi connectivity index (χ0v) is 16.2. The number of hydrogen-bond donors (Lipinski definition) is 1. The van der Waals surface area contributed by atoms with Crippen molar-refractivity contribution in [2.24, 2.45) is 0 Å². The molecule has 0 spiro atoms. The van der Waals surface area contributed by atoms with Crippen LogP contribution in [0.2, 0.25) is 0 Å². The molecule has 1 aromatic carbocycles. The highest BCUT2D eigenvalue weighted by Crippen LogP contribution is 2.17. The maximum Gasteiger partial charge on any atom is 0.317 e. The fraction of sp³-hybridized carbons (Fsp3) is 0.600. The van der Waals surface area contributed by atoms with Gasteiger partial charge in [-0.3, -0.25) is 4.79 Å². The molecule has 1 N–H and O–H groups in total. The average molecular weight is 345 g/mol. The lowest BCUT2D eigenvalue weighted by Gasteiger charge is -2.23. The van der Waals surface area contributed by atoms with Gasteiger partial charge in [-0.2, -0.15) is 0 Å². The maximum absolute atomic E-state index is 12.7. The van der Waals surface area contributed by atoms with E-state index in [1.54, 1.807) is 0 Å². The summed E-state index contributed by atoms with van der Waals surface area (Å²) in [6.45, 7) is 12.8. The Labute approximate surface area is 151 Å². The first-order valence-electron chi connectivity index (χ1n) is 9.18. The van der Waals surface area contributed by atoms with Gasteiger partial charge in [0.1, 0.15) is 0 Å². The van der Waals surface area contributed by atoms with Crippen LogP contribution < -0.4 is 5.32 Å². The summed E-state index contributed by atoms with van der Waals surface area (Å²) in [7, 11) is 0. The molecule has 1 aromatic rings. The van der Waals surface area contributed by atoms with E-state index in [1.807, 2.05) is 23.6 Å². The highest BCUT2D eigenvalue weighted by molar-refractivity contribution is 5.79. The molecule has 1 aliphatic heterocycles. The number of amides is 3. The van der Waals surface area contributed by atoms with Crippen LogP contribution in [0.1, 0.15) is 42.5 Å². The highest BCUT2D eigenvalue weighted by Gasteiger charge is 2.22. The van der Waals surface area contributed by atoms with E-state index in [-0.39, 0.29) is 18.0 Å². The Bertz CT molecular complexity index is 640. The summed E-state index contributed by atoms with van der Waals surface area (Å²) in [5.41, 5.74) is 4.76. The lowest BCUT2D eigenvalue weighted by molar-refractivity contribution is -0.130. The van der Waals surface area contributed by atoms with E-state index < -0.39 is 0 Å². The molecule has 5 nitrogen and oxygen atoms in total. The third-order valence-electron chi connectivity index (χ3n) is 4.84. The smallest absolute Gasteiger partial charge is 0.317 e. The zero-order valence-electron chi connectivity index (χ0n) is 16.2. The largest absolute Gasteiger partial charge is 0.341 e. The minimum absolute atomic E-state index is 0.0331. The molecule has 2 rings (SSSR count). The number of nitrogens with zero attached hydrogens (tertiary/aromatic N) is 2. The first kappa shape index (κ1) is 19.3. The van der Waals surface area contributed by atoms with Gasteiger partial charge < -0.3 is 15.1 Å². The number of aryl methyl sites for hydroxylation is 3. The number of rotatable bonds is 3.